The number of nitrogens with zero attached hydrogens (tertiary/aromatic N) is 4. The molecular formula is C29H36N4O6. The number of pyridine rings is 1. The lowest BCUT2D eigenvalue weighted by atomic mass is 9.84. The van der Waals surface area contributed by atoms with Crippen molar-refractivity contribution in [1.29, 1.82) is 0 Å². The van der Waals surface area contributed by atoms with Gasteiger partial charge in [0.15, 0.2) is 11.5 Å². The SMILES string of the molecule is CCCCN(C(=O)CN1C[C@H](c2ccc3c(c2)OCO3)[C@@H](C(=O)O)[C@@H]1CCN1CCCC1=O)c1cccnc1. The van der Waals surface area contributed by atoms with Crippen molar-refractivity contribution >= 4 is 23.5 Å². The van der Waals surface area contributed by atoms with Gasteiger partial charge in [-0.15, -0.1) is 0 Å². The number of amides is 2. The predicted octanol–water partition coefficient (Wildman–Crippen LogP) is 3.12. The number of anilines is 1. The summed E-state index contributed by atoms with van der Waals surface area (Å²) < 4.78 is 11.0. The number of carboxylic acid groups (broad SMARTS) is 1. The fraction of sp³-hybridized carbons (Fsp3) is 0.517. The summed E-state index contributed by atoms with van der Waals surface area (Å²) in [5.41, 5.74) is 1.58. The minimum atomic E-state index is -0.902. The van der Waals surface area contributed by atoms with Crippen LogP contribution in [-0.4, -0.2) is 83.2 Å². The van der Waals surface area contributed by atoms with Gasteiger partial charge in [0.05, 0.1) is 24.3 Å². The topological polar surface area (TPSA) is 113 Å². The highest BCUT2D eigenvalue weighted by Crippen LogP contribution is 2.43. The molecule has 10 nitrogen and oxygen atoms in total. The largest absolute Gasteiger partial charge is 0.481 e. The van der Waals surface area contributed by atoms with Crippen molar-refractivity contribution in [2.24, 2.45) is 5.92 Å². The lowest BCUT2D eigenvalue weighted by molar-refractivity contribution is -0.143. The van der Waals surface area contributed by atoms with E-state index in [0.29, 0.717) is 50.5 Å². The Morgan fingerprint density at radius 2 is 2.05 bits per heavy atom. The number of likely N-dealkylation sites (tertiary alicyclic amines) is 2. The molecule has 3 aliphatic heterocycles. The van der Waals surface area contributed by atoms with Gasteiger partial charge in [0.2, 0.25) is 18.6 Å². The molecule has 10 heteroatoms. The van der Waals surface area contributed by atoms with Gasteiger partial charge in [-0.05, 0) is 49.1 Å². The molecule has 4 heterocycles. The third kappa shape index (κ3) is 5.85. The van der Waals surface area contributed by atoms with Gasteiger partial charge in [0.1, 0.15) is 0 Å². The average Bonchev–Trinajstić information content (AvgIpc) is 3.66. The van der Waals surface area contributed by atoms with Crippen LogP contribution in [0.15, 0.2) is 42.7 Å². The van der Waals surface area contributed by atoms with Crippen molar-refractivity contribution in [2.45, 2.75) is 51.0 Å². The van der Waals surface area contributed by atoms with E-state index in [0.717, 1.165) is 30.5 Å². The second-order valence-electron chi connectivity index (χ2n) is 10.5. The molecule has 2 amide bonds. The summed E-state index contributed by atoms with van der Waals surface area (Å²) in [6.07, 6.45) is 6.99. The van der Waals surface area contributed by atoms with E-state index in [1.165, 1.54) is 0 Å². The van der Waals surface area contributed by atoms with Crippen molar-refractivity contribution in [3.63, 3.8) is 0 Å². The Morgan fingerprint density at radius 3 is 2.77 bits per heavy atom. The van der Waals surface area contributed by atoms with E-state index >= 15 is 0 Å². The molecule has 1 aromatic heterocycles. The summed E-state index contributed by atoms with van der Waals surface area (Å²) in [6.45, 7) is 4.46. The van der Waals surface area contributed by atoms with Crippen LogP contribution < -0.4 is 14.4 Å². The van der Waals surface area contributed by atoms with Crippen LogP contribution in [0, 0.1) is 5.92 Å². The molecule has 5 rings (SSSR count). The average molecular weight is 537 g/mol. The van der Waals surface area contributed by atoms with Crippen molar-refractivity contribution in [2.75, 3.05) is 44.4 Å². The quantitative estimate of drug-likeness (QED) is 0.466. The molecule has 208 valence electrons. The van der Waals surface area contributed by atoms with Crippen molar-refractivity contribution in [1.82, 2.24) is 14.8 Å². The molecule has 2 aromatic rings. The van der Waals surface area contributed by atoms with Gasteiger partial charge in [0, 0.05) is 50.8 Å². The summed E-state index contributed by atoms with van der Waals surface area (Å²) in [6, 6.07) is 8.84. The Hall–Kier alpha value is -3.66. The van der Waals surface area contributed by atoms with E-state index in [1.807, 2.05) is 40.1 Å². The van der Waals surface area contributed by atoms with Crippen LogP contribution in [0.1, 0.15) is 50.5 Å². The van der Waals surface area contributed by atoms with Crippen molar-refractivity contribution in [3.05, 3.63) is 48.3 Å². The Balaban J connectivity index is 1.42. The lowest BCUT2D eigenvalue weighted by Gasteiger charge is -2.30. The summed E-state index contributed by atoms with van der Waals surface area (Å²) in [5, 5.41) is 10.4. The first-order chi connectivity index (χ1) is 19.0. The molecule has 39 heavy (non-hydrogen) atoms. The second kappa shape index (κ2) is 12.0. The zero-order valence-corrected chi connectivity index (χ0v) is 22.3. The van der Waals surface area contributed by atoms with Gasteiger partial charge < -0.3 is 24.4 Å². The summed E-state index contributed by atoms with van der Waals surface area (Å²) in [4.78, 5) is 48.6. The summed E-state index contributed by atoms with van der Waals surface area (Å²) in [5.74, 6) is -0.716. The Morgan fingerprint density at radius 1 is 1.21 bits per heavy atom. The Kier molecular flexibility index (Phi) is 8.30. The number of carbonyl (C=O) groups excluding carboxylic acids is 2. The molecule has 0 radical (unpaired) electrons. The number of carboxylic acids is 1. The molecule has 0 spiro atoms. The van der Waals surface area contributed by atoms with Crippen molar-refractivity contribution in [3.8, 4) is 11.5 Å². The molecule has 0 bridgehead atoms. The van der Waals surface area contributed by atoms with E-state index in [1.54, 1.807) is 17.3 Å². The number of fused-ring (bicyclic) bond motifs is 1. The zero-order valence-electron chi connectivity index (χ0n) is 22.3. The van der Waals surface area contributed by atoms with Crippen LogP contribution >= 0.6 is 0 Å². The van der Waals surface area contributed by atoms with E-state index < -0.39 is 17.9 Å². The molecule has 1 N–H and O–H groups in total. The number of carbonyl (C=O) groups is 3. The summed E-state index contributed by atoms with van der Waals surface area (Å²) >= 11 is 0. The van der Waals surface area contributed by atoms with Crippen LogP contribution in [0.5, 0.6) is 11.5 Å². The van der Waals surface area contributed by atoms with Gasteiger partial charge >= 0.3 is 5.97 Å². The number of aromatic nitrogens is 1. The molecule has 1 aromatic carbocycles. The number of unbranched alkanes of at least 4 members (excludes halogenated alkanes) is 1. The maximum atomic E-state index is 13.7. The zero-order chi connectivity index (χ0) is 27.4. The van der Waals surface area contributed by atoms with Gasteiger partial charge in [-0.2, -0.15) is 0 Å². The number of hydrogen-bond acceptors (Lipinski definition) is 7. The number of rotatable bonds is 11. The maximum Gasteiger partial charge on any atom is 0.308 e. The standard InChI is InChI=1S/C29H36N4O6/c1-2-3-13-33(21-6-4-11-30-16-21)27(35)18-32-17-22(20-8-9-24-25(15-20)39-19-38-24)28(29(36)37)23(32)10-14-31-12-5-7-26(31)34/h4,6,8-9,11,15-16,22-23,28H,2-3,5,7,10,12-14,17-19H2,1H3,(H,36,37)/t22-,23+,28-/m1/s1. The van der Waals surface area contributed by atoms with Crippen LogP contribution in [-0.2, 0) is 14.4 Å². The first-order valence-corrected chi connectivity index (χ1v) is 13.8. The van der Waals surface area contributed by atoms with Gasteiger partial charge in [-0.1, -0.05) is 19.4 Å². The molecule has 0 unspecified atom stereocenters. The summed E-state index contributed by atoms with van der Waals surface area (Å²) in [7, 11) is 0. The van der Waals surface area contributed by atoms with Gasteiger partial charge in [-0.25, -0.2) is 0 Å². The predicted molar refractivity (Wildman–Crippen MR) is 144 cm³/mol. The van der Waals surface area contributed by atoms with Gasteiger partial charge in [0.25, 0.3) is 0 Å². The van der Waals surface area contributed by atoms with E-state index in [2.05, 4.69) is 11.9 Å². The second-order valence-corrected chi connectivity index (χ2v) is 10.5. The molecule has 2 fully saturated rings. The van der Waals surface area contributed by atoms with Crippen LogP contribution in [0.2, 0.25) is 0 Å². The maximum absolute atomic E-state index is 13.7. The van der Waals surface area contributed by atoms with E-state index in [4.69, 9.17) is 9.47 Å². The van der Waals surface area contributed by atoms with Crippen LogP contribution in [0.25, 0.3) is 0 Å². The first kappa shape index (κ1) is 26.9. The monoisotopic (exact) mass is 536 g/mol. The number of aliphatic carboxylic acids is 1. The van der Waals surface area contributed by atoms with Crippen LogP contribution in [0.4, 0.5) is 5.69 Å². The third-order valence-corrected chi connectivity index (χ3v) is 8.06. The molecule has 3 aliphatic rings. The van der Waals surface area contributed by atoms with Crippen LogP contribution in [0.3, 0.4) is 0 Å². The van der Waals surface area contributed by atoms with E-state index in [9.17, 15) is 19.5 Å². The molecule has 0 saturated carbocycles. The Labute approximate surface area is 228 Å². The fourth-order valence-electron chi connectivity index (χ4n) is 6.05. The highest BCUT2D eigenvalue weighted by Gasteiger charge is 2.47. The molecular weight excluding hydrogens is 500 g/mol. The Bertz CT molecular complexity index is 1190. The molecule has 3 atom stereocenters. The number of ether oxygens (including phenoxy) is 2. The van der Waals surface area contributed by atoms with E-state index in [-0.39, 0.29) is 31.1 Å². The number of benzene rings is 1. The highest BCUT2D eigenvalue weighted by atomic mass is 16.7. The molecule has 2 saturated heterocycles. The van der Waals surface area contributed by atoms with Gasteiger partial charge in [-0.3, -0.25) is 24.3 Å². The minimum absolute atomic E-state index is 0.0854. The number of hydrogen-bond donors (Lipinski definition) is 1. The highest BCUT2D eigenvalue weighted by molar-refractivity contribution is 5.94. The minimum Gasteiger partial charge on any atom is -0.481 e. The third-order valence-electron chi connectivity index (χ3n) is 8.06. The first-order valence-electron chi connectivity index (χ1n) is 13.8. The van der Waals surface area contributed by atoms with Crippen molar-refractivity contribution < 1.29 is 29.0 Å². The normalized spacial score (nSPS) is 22.4. The smallest absolute Gasteiger partial charge is 0.308 e. The molecule has 0 aliphatic carbocycles. The lowest BCUT2D eigenvalue weighted by Crippen LogP contribution is -2.45. The fourth-order valence-corrected chi connectivity index (χ4v) is 6.05.